The Kier molecular flexibility index (Phi) is 6.36. The average molecular weight is 492 g/mol. The van der Waals surface area contributed by atoms with E-state index < -0.39 is 31.9 Å². The number of aliphatic carboxylic acids is 1. The highest BCUT2D eigenvalue weighted by atomic mass is 28.3. The molecule has 8 heteroatoms. The highest BCUT2D eigenvalue weighted by Crippen LogP contribution is 2.33. The van der Waals surface area contributed by atoms with Crippen molar-refractivity contribution < 1.29 is 19.5 Å². The maximum Gasteiger partial charge on any atom is 0.327 e. The van der Waals surface area contributed by atoms with Gasteiger partial charge in [0.2, 0.25) is 11.8 Å². The number of carbonyl (C=O) groups excluding carboxylic acids is 2. The van der Waals surface area contributed by atoms with Crippen molar-refractivity contribution in [1.82, 2.24) is 4.90 Å². The lowest BCUT2D eigenvalue weighted by Crippen LogP contribution is -2.58. The van der Waals surface area contributed by atoms with Gasteiger partial charge in [-0.1, -0.05) is 31.3 Å². The molecule has 1 fully saturated rings. The molecule has 184 valence electrons. The van der Waals surface area contributed by atoms with Crippen LogP contribution in [0.3, 0.4) is 0 Å². The first kappa shape index (κ1) is 24.7. The van der Waals surface area contributed by atoms with Gasteiger partial charge >= 0.3 is 5.97 Å². The first-order valence-corrected chi connectivity index (χ1v) is 14.9. The van der Waals surface area contributed by atoms with E-state index in [2.05, 4.69) is 59.3 Å². The van der Waals surface area contributed by atoms with Crippen molar-refractivity contribution in [1.29, 1.82) is 0 Å². The Morgan fingerprint density at radius 2 is 1.40 bits per heavy atom. The number of anilines is 2. The molecule has 2 aromatic rings. The van der Waals surface area contributed by atoms with E-state index in [-0.39, 0.29) is 19.3 Å². The largest absolute Gasteiger partial charge is 0.480 e. The van der Waals surface area contributed by atoms with Gasteiger partial charge in [-0.25, -0.2) is 4.79 Å². The van der Waals surface area contributed by atoms with Crippen LogP contribution in [0.2, 0.25) is 13.1 Å². The fraction of sp³-hybridized carbons (Fsp3) is 0.370. The molecule has 0 saturated carbocycles. The summed E-state index contributed by atoms with van der Waals surface area (Å²) in [6, 6.07) is 11.7. The van der Waals surface area contributed by atoms with Crippen LogP contribution in [0.25, 0.3) is 5.57 Å². The molecular formula is C27H33N3O4Si. The van der Waals surface area contributed by atoms with Gasteiger partial charge in [0.15, 0.2) is 0 Å². The minimum absolute atomic E-state index is 0.0634. The lowest BCUT2D eigenvalue weighted by molar-refractivity contribution is -0.154. The Labute approximate surface area is 207 Å². The Balaban J connectivity index is 1.88. The van der Waals surface area contributed by atoms with Crippen molar-refractivity contribution in [3.63, 3.8) is 0 Å². The smallest absolute Gasteiger partial charge is 0.327 e. The molecule has 0 bridgehead atoms. The molecule has 2 aliphatic rings. The summed E-state index contributed by atoms with van der Waals surface area (Å²) in [4.78, 5) is 41.8. The fourth-order valence-electron chi connectivity index (χ4n) is 5.12. The van der Waals surface area contributed by atoms with Gasteiger partial charge in [-0.15, -0.1) is 0 Å². The molecule has 1 unspecified atom stereocenters. The number of likely N-dealkylation sites (tertiary alicyclic amines) is 1. The summed E-state index contributed by atoms with van der Waals surface area (Å²) >= 11 is 0. The molecule has 2 aliphatic heterocycles. The third kappa shape index (κ3) is 4.27. The number of hydrogen-bond acceptors (Lipinski definition) is 5. The average Bonchev–Trinajstić information content (AvgIpc) is 3.13. The van der Waals surface area contributed by atoms with Gasteiger partial charge < -0.3 is 14.9 Å². The van der Waals surface area contributed by atoms with Crippen molar-refractivity contribution in [2.24, 2.45) is 0 Å². The number of carbonyl (C=O) groups is 3. The Morgan fingerprint density at radius 1 is 0.943 bits per heavy atom. The SMILES string of the molecule is CN(C)c1ccc2c(c1)[Si](C)(C)c1cc(N(C)C)ccc1C2=CCC(C(=O)O)N1C(=O)CCC1=O. The molecule has 2 amide bonds. The number of rotatable bonds is 6. The van der Waals surface area contributed by atoms with Crippen LogP contribution in [-0.2, 0) is 14.4 Å². The number of carboxylic acid groups (broad SMARTS) is 1. The minimum Gasteiger partial charge on any atom is -0.480 e. The Hall–Kier alpha value is -3.39. The van der Waals surface area contributed by atoms with E-state index >= 15 is 0 Å². The minimum atomic E-state index is -2.08. The van der Waals surface area contributed by atoms with Gasteiger partial charge in [-0.2, -0.15) is 0 Å². The summed E-state index contributed by atoms with van der Waals surface area (Å²) in [6.07, 6.45) is 2.12. The van der Waals surface area contributed by atoms with Crippen molar-refractivity contribution in [3.8, 4) is 0 Å². The molecule has 0 aliphatic carbocycles. The van der Waals surface area contributed by atoms with Crippen molar-refractivity contribution >= 4 is 53.2 Å². The Morgan fingerprint density at radius 3 is 1.80 bits per heavy atom. The fourth-order valence-corrected chi connectivity index (χ4v) is 8.21. The number of carboxylic acids is 1. The van der Waals surface area contributed by atoms with E-state index in [1.54, 1.807) is 0 Å². The molecule has 0 aromatic heterocycles. The first-order chi connectivity index (χ1) is 16.4. The quantitative estimate of drug-likeness (QED) is 0.494. The summed E-state index contributed by atoms with van der Waals surface area (Å²) < 4.78 is 0. The second-order valence-electron chi connectivity index (χ2n) is 10.2. The van der Waals surface area contributed by atoms with Crippen LogP contribution in [0.5, 0.6) is 0 Å². The van der Waals surface area contributed by atoms with Gasteiger partial charge in [-0.3, -0.25) is 14.5 Å². The van der Waals surface area contributed by atoms with Crippen LogP contribution in [0.1, 0.15) is 30.4 Å². The highest BCUT2D eigenvalue weighted by molar-refractivity contribution is 7.02. The molecule has 1 saturated heterocycles. The zero-order valence-corrected chi connectivity index (χ0v) is 22.3. The zero-order valence-electron chi connectivity index (χ0n) is 21.3. The molecule has 7 nitrogen and oxygen atoms in total. The highest BCUT2D eigenvalue weighted by Gasteiger charge is 2.40. The number of nitrogens with zero attached hydrogens (tertiary/aromatic N) is 3. The third-order valence-corrected chi connectivity index (χ3v) is 10.7. The molecule has 0 spiro atoms. The van der Waals surface area contributed by atoms with E-state index in [1.807, 2.05) is 34.3 Å². The lowest BCUT2D eigenvalue weighted by atomic mass is 9.94. The van der Waals surface area contributed by atoms with Crippen LogP contribution in [0, 0.1) is 0 Å². The molecule has 35 heavy (non-hydrogen) atoms. The molecule has 2 heterocycles. The van der Waals surface area contributed by atoms with Gasteiger partial charge in [0.25, 0.3) is 0 Å². The second-order valence-corrected chi connectivity index (χ2v) is 14.6. The third-order valence-electron chi connectivity index (χ3n) is 7.20. The van der Waals surface area contributed by atoms with E-state index in [0.29, 0.717) is 0 Å². The van der Waals surface area contributed by atoms with Crippen molar-refractivity contribution in [2.75, 3.05) is 38.0 Å². The maximum atomic E-state index is 12.3. The van der Waals surface area contributed by atoms with Crippen LogP contribution < -0.4 is 20.2 Å². The first-order valence-electron chi connectivity index (χ1n) is 11.9. The summed E-state index contributed by atoms with van der Waals surface area (Å²) in [6.45, 7) is 4.70. The number of benzene rings is 2. The van der Waals surface area contributed by atoms with Crippen molar-refractivity contribution in [2.45, 2.75) is 38.4 Å². The maximum absolute atomic E-state index is 12.3. The van der Waals surface area contributed by atoms with Crippen LogP contribution in [0.15, 0.2) is 42.5 Å². The predicted octanol–water partition coefficient (Wildman–Crippen LogP) is 2.38. The summed E-state index contributed by atoms with van der Waals surface area (Å²) in [5, 5.41) is 12.5. The van der Waals surface area contributed by atoms with E-state index in [9.17, 15) is 19.5 Å². The standard InChI is InChI=1S/C27H33N3O4Si/c1-28(2)17-7-9-20-19(11-12-22(27(33)34)30-25(31)13-14-26(30)32)21-10-8-18(29(3)4)16-24(21)35(5,6)23(20)15-17/h7-11,15-16,22H,12-14H2,1-6H3,(H,33,34). The molecule has 1 N–H and O–H groups in total. The Bertz CT molecular complexity index is 1170. The van der Waals surface area contributed by atoms with E-state index in [0.717, 1.165) is 33.0 Å². The van der Waals surface area contributed by atoms with Gasteiger partial charge in [0.05, 0.1) is 0 Å². The number of amides is 2. The normalized spacial score (nSPS) is 17.1. The molecule has 2 aromatic carbocycles. The molecule has 0 radical (unpaired) electrons. The van der Waals surface area contributed by atoms with Crippen LogP contribution in [-0.4, -0.2) is 70.1 Å². The van der Waals surface area contributed by atoms with Gasteiger partial charge in [0, 0.05) is 52.4 Å². The van der Waals surface area contributed by atoms with Gasteiger partial charge in [0.1, 0.15) is 14.1 Å². The number of hydrogen-bond donors (Lipinski definition) is 1. The van der Waals surface area contributed by atoms with Crippen LogP contribution >= 0.6 is 0 Å². The number of fused-ring (bicyclic) bond motifs is 2. The topological polar surface area (TPSA) is 81.2 Å². The summed E-state index contributed by atoms with van der Waals surface area (Å²) in [5.74, 6) is -1.99. The monoisotopic (exact) mass is 491 g/mol. The summed E-state index contributed by atoms with van der Waals surface area (Å²) in [7, 11) is 6.01. The zero-order chi connectivity index (χ0) is 25.7. The summed E-state index contributed by atoms with van der Waals surface area (Å²) in [5.41, 5.74) is 5.39. The lowest BCUT2D eigenvalue weighted by Gasteiger charge is -2.37. The van der Waals surface area contributed by atoms with E-state index in [4.69, 9.17) is 0 Å². The molecule has 1 atom stereocenters. The van der Waals surface area contributed by atoms with Crippen LogP contribution in [0.4, 0.5) is 11.4 Å². The molecular weight excluding hydrogens is 458 g/mol. The van der Waals surface area contributed by atoms with Gasteiger partial charge in [-0.05, 0) is 57.8 Å². The number of imide groups is 1. The van der Waals surface area contributed by atoms with E-state index in [1.165, 1.54) is 10.4 Å². The molecule has 4 rings (SSSR count). The van der Waals surface area contributed by atoms with Crippen molar-refractivity contribution in [3.05, 3.63) is 53.6 Å². The predicted molar refractivity (Wildman–Crippen MR) is 142 cm³/mol. The second kappa shape index (κ2) is 9.00.